The Bertz CT molecular complexity index is 257. The van der Waals surface area contributed by atoms with Gasteiger partial charge in [0.25, 0.3) is 0 Å². The maximum atomic E-state index is 4.23. The minimum Gasteiger partial charge on any atom is -0.307 e. The van der Waals surface area contributed by atoms with Crippen LogP contribution in [-0.4, -0.2) is 14.8 Å². The Balaban J connectivity index is 2.55. The highest BCUT2D eigenvalue weighted by molar-refractivity contribution is 7.80. The summed E-state index contributed by atoms with van der Waals surface area (Å²) in [6, 6.07) is 0. The van der Waals surface area contributed by atoms with Gasteiger partial charge in [-0.1, -0.05) is 19.8 Å². The fourth-order valence-corrected chi connectivity index (χ4v) is 1.67. The quantitative estimate of drug-likeness (QED) is 0.583. The van der Waals surface area contributed by atoms with Gasteiger partial charge in [-0.25, -0.2) is 0 Å². The summed E-state index contributed by atoms with van der Waals surface area (Å²) in [7, 11) is 0. The number of aromatic nitrogens is 3. The molecular formula is C9H17N3S. The van der Waals surface area contributed by atoms with Gasteiger partial charge in [0.2, 0.25) is 0 Å². The van der Waals surface area contributed by atoms with Crippen molar-refractivity contribution in [1.82, 2.24) is 14.8 Å². The van der Waals surface area contributed by atoms with Gasteiger partial charge in [-0.05, 0) is 13.3 Å². The van der Waals surface area contributed by atoms with Crippen LogP contribution in [-0.2, 0) is 13.0 Å². The molecule has 74 valence electrons. The predicted octanol–water partition coefficient (Wildman–Crippen LogP) is 2.32. The first-order valence-electron chi connectivity index (χ1n) is 4.90. The molecule has 0 bridgehead atoms. The van der Waals surface area contributed by atoms with Crippen LogP contribution in [0.5, 0.6) is 0 Å². The van der Waals surface area contributed by atoms with Crippen LogP contribution in [0.4, 0.5) is 0 Å². The highest BCUT2D eigenvalue weighted by atomic mass is 32.1. The molecule has 4 heteroatoms. The average molecular weight is 199 g/mol. The second-order valence-corrected chi connectivity index (χ2v) is 3.52. The molecule has 0 unspecified atom stereocenters. The van der Waals surface area contributed by atoms with Crippen molar-refractivity contribution >= 4 is 12.6 Å². The summed E-state index contributed by atoms with van der Waals surface area (Å²) in [5, 5.41) is 8.77. The Kier molecular flexibility index (Phi) is 4.28. The summed E-state index contributed by atoms with van der Waals surface area (Å²) in [6.45, 7) is 5.20. The molecule has 13 heavy (non-hydrogen) atoms. The molecule has 1 heterocycles. The van der Waals surface area contributed by atoms with E-state index in [9.17, 15) is 0 Å². The molecule has 0 aliphatic heterocycles. The zero-order chi connectivity index (χ0) is 9.68. The molecule has 0 N–H and O–H groups in total. The third kappa shape index (κ3) is 2.72. The van der Waals surface area contributed by atoms with E-state index < -0.39 is 0 Å². The van der Waals surface area contributed by atoms with Crippen LogP contribution in [0.3, 0.4) is 0 Å². The minimum absolute atomic E-state index is 0.731. The third-order valence-electron chi connectivity index (χ3n) is 2.13. The maximum Gasteiger partial charge on any atom is 0.188 e. The van der Waals surface area contributed by atoms with Crippen LogP contribution in [0.2, 0.25) is 0 Å². The Morgan fingerprint density at radius 1 is 1.23 bits per heavy atom. The second kappa shape index (κ2) is 5.27. The lowest BCUT2D eigenvalue weighted by atomic mass is 10.2. The molecular weight excluding hydrogens is 182 g/mol. The summed E-state index contributed by atoms with van der Waals surface area (Å²) in [5.41, 5.74) is 0. The standard InChI is InChI=1S/C9H17N3S/c1-3-5-6-7-8-10-11-9(13)12(8)4-2/h3-7H2,1-2H3,(H,11,13). The molecule has 0 radical (unpaired) electrons. The number of nitrogens with zero attached hydrogens (tertiary/aromatic N) is 3. The summed E-state index contributed by atoms with van der Waals surface area (Å²) in [5.74, 6) is 1.07. The molecule has 0 fully saturated rings. The van der Waals surface area contributed by atoms with E-state index in [1.807, 2.05) is 0 Å². The molecule has 0 saturated carbocycles. The Morgan fingerprint density at radius 2 is 2.00 bits per heavy atom. The normalized spacial score (nSPS) is 10.7. The molecule has 1 aromatic heterocycles. The van der Waals surface area contributed by atoms with Gasteiger partial charge in [0, 0.05) is 13.0 Å². The first-order valence-corrected chi connectivity index (χ1v) is 5.35. The van der Waals surface area contributed by atoms with Crippen molar-refractivity contribution in [3.8, 4) is 0 Å². The smallest absolute Gasteiger partial charge is 0.188 e. The number of hydrogen-bond acceptors (Lipinski definition) is 3. The van der Waals surface area contributed by atoms with Crippen molar-refractivity contribution in [1.29, 1.82) is 0 Å². The summed E-state index contributed by atoms with van der Waals surface area (Å²) >= 11 is 4.23. The number of thiol groups is 1. The molecule has 0 aliphatic carbocycles. The van der Waals surface area contributed by atoms with Crippen LogP contribution in [0.25, 0.3) is 0 Å². The first kappa shape index (κ1) is 10.6. The lowest BCUT2D eigenvalue weighted by Gasteiger charge is -2.03. The summed E-state index contributed by atoms with van der Waals surface area (Å²) < 4.78 is 2.05. The van der Waals surface area contributed by atoms with Crippen molar-refractivity contribution in [2.75, 3.05) is 0 Å². The van der Waals surface area contributed by atoms with E-state index in [-0.39, 0.29) is 0 Å². The van der Waals surface area contributed by atoms with Gasteiger partial charge < -0.3 is 4.57 Å². The van der Waals surface area contributed by atoms with Crippen molar-refractivity contribution in [2.24, 2.45) is 0 Å². The lowest BCUT2D eigenvalue weighted by Crippen LogP contribution is -2.02. The highest BCUT2D eigenvalue weighted by Gasteiger charge is 2.06. The van der Waals surface area contributed by atoms with E-state index in [0.717, 1.165) is 23.9 Å². The van der Waals surface area contributed by atoms with Crippen molar-refractivity contribution in [3.05, 3.63) is 5.82 Å². The SMILES string of the molecule is CCCCCc1nnc(S)n1CC. The van der Waals surface area contributed by atoms with Crippen molar-refractivity contribution in [3.63, 3.8) is 0 Å². The molecule has 3 nitrogen and oxygen atoms in total. The molecule has 1 aromatic rings. The van der Waals surface area contributed by atoms with Gasteiger partial charge in [0.15, 0.2) is 5.16 Å². The number of unbranched alkanes of at least 4 members (excludes halogenated alkanes) is 2. The molecule has 0 aliphatic rings. The van der Waals surface area contributed by atoms with Crippen LogP contribution < -0.4 is 0 Å². The van der Waals surface area contributed by atoms with Crippen LogP contribution >= 0.6 is 12.6 Å². The van der Waals surface area contributed by atoms with E-state index in [1.165, 1.54) is 19.3 Å². The van der Waals surface area contributed by atoms with Gasteiger partial charge in [-0.2, -0.15) is 0 Å². The zero-order valence-corrected chi connectivity index (χ0v) is 9.22. The number of aryl methyl sites for hydroxylation is 1. The fraction of sp³-hybridized carbons (Fsp3) is 0.778. The number of hydrogen-bond donors (Lipinski definition) is 1. The molecule has 0 aromatic carbocycles. The monoisotopic (exact) mass is 199 g/mol. The van der Waals surface area contributed by atoms with Crippen molar-refractivity contribution < 1.29 is 0 Å². The van der Waals surface area contributed by atoms with Crippen molar-refractivity contribution in [2.45, 2.75) is 51.2 Å². The number of rotatable bonds is 5. The molecule has 0 spiro atoms. The summed E-state index contributed by atoms with van der Waals surface area (Å²) in [6.07, 6.45) is 4.73. The largest absolute Gasteiger partial charge is 0.307 e. The van der Waals surface area contributed by atoms with Crippen LogP contribution in [0.15, 0.2) is 5.16 Å². The molecule has 0 saturated heterocycles. The van der Waals surface area contributed by atoms with E-state index in [4.69, 9.17) is 0 Å². The third-order valence-corrected chi connectivity index (χ3v) is 2.46. The Labute approximate surface area is 85.0 Å². The van der Waals surface area contributed by atoms with Gasteiger partial charge in [-0.15, -0.1) is 22.8 Å². The molecule has 1 rings (SSSR count). The average Bonchev–Trinajstić information content (AvgIpc) is 2.47. The van der Waals surface area contributed by atoms with E-state index in [1.54, 1.807) is 0 Å². The molecule has 0 atom stereocenters. The maximum absolute atomic E-state index is 4.23. The Morgan fingerprint density at radius 3 is 2.62 bits per heavy atom. The first-order chi connectivity index (χ1) is 6.29. The van der Waals surface area contributed by atoms with Gasteiger partial charge >= 0.3 is 0 Å². The van der Waals surface area contributed by atoms with Gasteiger partial charge in [0.05, 0.1) is 0 Å². The van der Waals surface area contributed by atoms with Gasteiger partial charge in [0.1, 0.15) is 5.82 Å². The van der Waals surface area contributed by atoms with E-state index in [2.05, 4.69) is 41.2 Å². The van der Waals surface area contributed by atoms with Crippen LogP contribution in [0.1, 0.15) is 38.9 Å². The summed E-state index contributed by atoms with van der Waals surface area (Å²) in [4.78, 5) is 0. The second-order valence-electron chi connectivity index (χ2n) is 3.12. The van der Waals surface area contributed by atoms with E-state index in [0.29, 0.717) is 0 Å². The minimum atomic E-state index is 0.731. The Hall–Kier alpha value is -0.510. The highest BCUT2D eigenvalue weighted by Crippen LogP contribution is 2.09. The zero-order valence-electron chi connectivity index (χ0n) is 8.32. The molecule has 0 amide bonds. The lowest BCUT2D eigenvalue weighted by molar-refractivity contribution is 0.613. The topological polar surface area (TPSA) is 30.7 Å². The van der Waals surface area contributed by atoms with Gasteiger partial charge in [-0.3, -0.25) is 0 Å². The predicted molar refractivity (Wildman–Crippen MR) is 56.2 cm³/mol. The van der Waals surface area contributed by atoms with E-state index >= 15 is 0 Å². The fourth-order valence-electron chi connectivity index (χ4n) is 1.37. The van der Waals surface area contributed by atoms with Crippen LogP contribution in [0, 0.1) is 0 Å².